The van der Waals surface area contributed by atoms with E-state index < -0.39 is 63.1 Å². The lowest BCUT2D eigenvalue weighted by atomic mass is 9.91. The molecule has 0 radical (unpaired) electrons. The van der Waals surface area contributed by atoms with Crippen LogP contribution in [-0.4, -0.2) is 90.5 Å². The van der Waals surface area contributed by atoms with Crippen molar-refractivity contribution >= 4 is 44.6 Å². The monoisotopic (exact) mass is 889 g/mol. The number of hydrogen-bond donors (Lipinski definition) is 3. The molecule has 0 unspecified atom stereocenters. The number of primary amides is 1. The zero-order chi connectivity index (χ0) is 45.7. The van der Waals surface area contributed by atoms with Crippen molar-refractivity contribution in [2.75, 3.05) is 13.2 Å². The van der Waals surface area contributed by atoms with Crippen LogP contribution >= 0.6 is 0 Å². The summed E-state index contributed by atoms with van der Waals surface area (Å²) in [5, 5.41) is 3.98. The van der Waals surface area contributed by atoms with Gasteiger partial charge in [0.05, 0.1) is 24.6 Å². The minimum absolute atomic E-state index is 0. The van der Waals surface area contributed by atoms with Gasteiger partial charge in [-0.05, 0) is 69.8 Å². The molecule has 1 aromatic carbocycles. The van der Waals surface area contributed by atoms with Crippen molar-refractivity contribution in [2.24, 2.45) is 23.5 Å². The van der Waals surface area contributed by atoms with Crippen molar-refractivity contribution in [2.45, 2.75) is 148 Å². The maximum atomic E-state index is 14.1. The van der Waals surface area contributed by atoms with Crippen LogP contribution in [0.2, 0.25) is 0 Å². The summed E-state index contributed by atoms with van der Waals surface area (Å²) in [5.74, 6) is -0.145. The highest BCUT2D eigenvalue weighted by atomic mass is 32.2. The van der Waals surface area contributed by atoms with Crippen LogP contribution in [-0.2, 0) is 29.1 Å². The molecular weight excluding hydrogens is 820 g/mol. The Morgan fingerprint density at radius 1 is 1.07 bits per heavy atom. The van der Waals surface area contributed by atoms with Gasteiger partial charge in [-0.15, -0.1) is 0 Å². The van der Waals surface area contributed by atoms with Crippen molar-refractivity contribution in [3.63, 3.8) is 0 Å². The van der Waals surface area contributed by atoms with Gasteiger partial charge >= 0.3 is 12.3 Å². The predicted octanol–water partition coefficient (Wildman–Crippen LogP) is 8.08. The minimum atomic E-state index is -4.53. The summed E-state index contributed by atoms with van der Waals surface area (Å²) in [7, 11) is -3.82. The Balaban J connectivity index is 0.00000205. The van der Waals surface area contributed by atoms with Gasteiger partial charge in [0.1, 0.15) is 23.4 Å². The summed E-state index contributed by atoms with van der Waals surface area (Å²) >= 11 is 0. The van der Waals surface area contributed by atoms with Crippen molar-refractivity contribution in [3.05, 3.63) is 42.6 Å². The average Bonchev–Trinajstić information content (AvgIpc) is 4.14. The smallest absolute Gasteiger partial charge is 0.425 e. The van der Waals surface area contributed by atoms with E-state index in [1.165, 1.54) is 0 Å². The second kappa shape index (κ2) is 22.5. The van der Waals surface area contributed by atoms with E-state index in [1.54, 1.807) is 11.1 Å². The molecule has 18 heteroatoms. The maximum Gasteiger partial charge on any atom is 0.425 e. The predicted molar refractivity (Wildman–Crippen MR) is 232 cm³/mol. The van der Waals surface area contributed by atoms with Gasteiger partial charge in [0.15, 0.2) is 6.10 Å². The van der Waals surface area contributed by atoms with E-state index in [1.807, 2.05) is 71.0 Å². The Bertz CT molecular complexity index is 1960. The first-order valence-corrected chi connectivity index (χ1v) is 22.9. The summed E-state index contributed by atoms with van der Waals surface area (Å²) in [6.45, 7) is 15.7. The Morgan fingerprint density at radius 2 is 1.72 bits per heavy atom. The largest absolute Gasteiger partial charge is 0.491 e. The standard InChI is InChI=1S/C35H46N4O7S.C4H6F3NO2.2C2H6.3H2/c1-4-15-45-30-20-36-33(28-12-8-7-11-27(28)30)46-25-18-29-32(41)37-35(34(42)38-47(43,44)26-13-14-26)19-24(35)10-6-5-9-22(2)16-23(3)17-31(40)39(29)21-25;1-2(4(5,6)7)10-3(8)9;2*1-2;;;/h6-8,10-12,20,22-26,29H,4-5,9,13-19,21H2,1-3H3,(H,37,41)(H,38,42);2H,1H3,(H2,8,9);2*1-2H3;3*1H/b10-6-;;;;;;/t22-,23-,24-,25-,29+,35-;2-;;;;;/m11...../s1. The van der Waals surface area contributed by atoms with E-state index >= 15 is 0 Å². The normalized spacial score (nSPS) is 26.2. The molecule has 14 nitrogen and oxygen atoms in total. The number of carbonyl (C=O) groups excluding carboxylic acids is 4. The third kappa shape index (κ3) is 13.9. The van der Waals surface area contributed by atoms with Crippen molar-refractivity contribution < 1.29 is 59.3 Å². The van der Waals surface area contributed by atoms with Gasteiger partial charge in [-0.25, -0.2) is 18.2 Å². The number of nitrogens with zero attached hydrogens (tertiary/aromatic N) is 2. The van der Waals surface area contributed by atoms with Crippen LogP contribution in [0.25, 0.3) is 10.8 Å². The second-order valence-corrected chi connectivity index (χ2v) is 17.5. The van der Waals surface area contributed by atoms with E-state index in [0.717, 1.165) is 36.5 Å². The zero-order valence-electron chi connectivity index (χ0n) is 36.5. The number of halogens is 3. The van der Waals surface area contributed by atoms with Crippen LogP contribution in [0.5, 0.6) is 11.6 Å². The van der Waals surface area contributed by atoms with Crippen LogP contribution in [0, 0.1) is 17.8 Å². The zero-order valence-corrected chi connectivity index (χ0v) is 37.4. The maximum absolute atomic E-state index is 14.1. The number of rotatable bonds is 9. The molecule has 2 aromatic rings. The number of nitrogens with one attached hydrogen (secondary N) is 2. The van der Waals surface area contributed by atoms with Crippen molar-refractivity contribution in [1.82, 2.24) is 19.9 Å². The lowest BCUT2D eigenvalue weighted by Crippen LogP contribution is -2.56. The third-order valence-electron chi connectivity index (χ3n) is 10.6. The summed E-state index contributed by atoms with van der Waals surface area (Å²) in [5.41, 5.74) is 2.93. The molecular formula is C43H70F3N5O9S. The van der Waals surface area contributed by atoms with E-state index in [4.69, 9.17) is 9.47 Å². The second-order valence-electron chi connectivity index (χ2n) is 15.6. The number of aromatic nitrogens is 1. The van der Waals surface area contributed by atoms with Crippen molar-refractivity contribution in [1.29, 1.82) is 0 Å². The highest BCUT2D eigenvalue weighted by molar-refractivity contribution is 7.91. The molecule has 4 amide bonds. The highest BCUT2D eigenvalue weighted by Gasteiger charge is 2.62. The molecule has 348 valence electrons. The number of nitrogens with two attached hydrogens (primary N) is 1. The molecule has 7 atom stereocenters. The summed E-state index contributed by atoms with van der Waals surface area (Å²) in [6.07, 6.45) is 2.22. The molecule has 1 saturated heterocycles. The molecule has 61 heavy (non-hydrogen) atoms. The first kappa shape index (κ1) is 50.7. The molecule has 2 saturated carbocycles. The Morgan fingerprint density at radius 3 is 2.31 bits per heavy atom. The van der Waals surface area contributed by atoms with Gasteiger partial charge in [-0.1, -0.05) is 78.8 Å². The summed E-state index contributed by atoms with van der Waals surface area (Å²) in [4.78, 5) is 57.3. The number of fused-ring (bicyclic) bond motifs is 3. The highest BCUT2D eigenvalue weighted by Crippen LogP contribution is 2.46. The van der Waals surface area contributed by atoms with Crippen molar-refractivity contribution in [3.8, 4) is 11.6 Å². The fourth-order valence-corrected chi connectivity index (χ4v) is 8.64. The van der Waals surface area contributed by atoms with Crippen LogP contribution in [0.15, 0.2) is 42.6 Å². The molecule has 6 rings (SSSR count). The van der Waals surface area contributed by atoms with Gasteiger partial charge in [0, 0.05) is 33.8 Å². The van der Waals surface area contributed by atoms with E-state index in [9.17, 15) is 40.8 Å². The number of alkyl halides is 3. The number of sulfonamides is 1. The number of pyridine rings is 1. The number of benzene rings is 1. The van der Waals surface area contributed by atoms with Gasteiger partial charge in [0.2, 0.25) is 27.7 Å². The number of ether oxygens (including phenoxy) is 3. The molecule has 2 aliphatic carbocycles. The average molecular weight is 890 g/mol. The van der Waals surface area contributed by atoms with E-state index in [2.05, 4.69) is 39.3 Å². The summed E-state index contributed by atoms with van der Waals surface area (Å²) < 4.78 is 78.1. The molecule has 3 fully saturated rings. The van der Waals surface area contributed by atoms with Gasteiger partial charge in [-0.3, -0.25) is 19.1 Å². The molecule has 2 aliphatic heterocycles. The molecule has 0 bridgehead atoms. The lowest BCUT2D eigenvalue weighted by molar-refractivity contribution is -0.196. The van der Waals surface area contributed by atoms with Crippen LogP contribution in [0.1, 0.15) is 117 Å². The van der Waals surface area contributed by atoms with Crippen LogP contribution in [0.3, 0.4) is 0 Å². The minimum Gasteiger partial charge on any atom is -0.491 e. The summed E-state index contributed by atoms with van der Waals surface area (Å²) in [6, 6.07) is 6.78. The topological polar surface area (TPSA) is 196 Å². The number of allylic oxidation sites excluding steroid dienone is 1. The molecule has 0 spiro atoms. The van der Waals surface area contributed by atoms with Crippen LogP contribution in [0.4, 0.5) is 18.0 Å². The molecule has 1 aromatic heterocycles. The Hall–Kier alpha value is -4.61. The quantitative estimate of drug-likeness (QED) is 0.207. The molecule has 4 aliphatic rings. The fraction of sp³-hybridized carbons (Fsp3) is 0.651. The van der Waals surface area contributed by atoms with Gasteiger partial charge in [-0.2, -0.15) is 13.2 Å². The number of carbonyl (C=O) groups is 4. The van der Waals surface area contributed by atoms with E-state index in [-0.39, 0.29) is 47.8 Å². The SMILES string of the molecule is CC.CC.CCCOc1cnc(O[C@@H]2C[C@H]3C(=O)N[C@]4(C(=O)NS(=O)(=O)C5CC5)C[C@H]4/C=C\CC[C@@H](C)C[C@@H](C)CC(=O)N3C2)c2ccccc12.C[C@@H](OC(N)=O)C(F)(F)F.[HH].[HH].[HH]. The first-order valence-electron chi connectivity index (χ1n) is 21.4. The van der Waals surface area contributed by atoms with Gasteiger partial charge in [0.25, 0.3) is 5.91 Å². The third-order valence-corrected chi connectivity index (χ3v) is 12.4. The Kier molecular flexibility index (Phi) is 18.7. The van der Waals surface area contributed by atoms with Crippen LogP contribution < -0.4 is 25.2 Å². The number of hydrogen-bond acceptors (Lipinski definition) is 10. The molecule has 3 heterocycles. The molecule has 4 N–H and O–H groups in total. The Labute approximate surface area is 362 Å². The van der Waals surface area contributed by atoms with Gasteiger partial charge < -0.3 is 30.2 Å². The van der Waals surface area contributed by atoms with E-state index in [0.29, 0.717) is 43.9 Å². The first-order chi connectivity index (χ1) is 28.8. The lowest BCUT2D eigenvalue weighted by Gasteiger charge is -2.27. The number of amides is 4. The fourth-order valence-electron chi connectivity index (χ4n) is 7.28.